The molecule has 0 saturated carbocycles. The molecule has 6 nitrogen and oxygen atoms in total. The van der Waals surface area contributed by atoms with Crippen LogP contribution < -0.4 is 21.3 Å². The molecule has 2 heterocycles. The van der Waals surface area contributed by atoms with E-state index in [4.69, 9.17) is 11.5 Å². The van der Waals surface area contributed by atoms with Crippen molar-refractivity contribution in [1.29, 1.82) is 0 Å². The lowest BCUT2D eigenvalue weighted by atomic mass is 10.0. The number of nitrogen functional groups attached to an aromatic ring is 2. The zero-order valence-electron chi connectivity index (χ0n) is 14.8. The standard InChI is InChI=1S/C20H21FN6/c21-16-5-1-3-14(11-16)15-4-2-6-17(12-15)26-7-9-27(10-8-26)18-13-24-20(23)25-19(18)22/h1-6,11-13H,7-10H2,(H4,22,23,24,25). The van der Waals surface area contributed by atoms with Gasteiger partial charge in [-0.3, -0.25) is 0 Å². The zero-order chi connectivity index (χ0) is 18.8. The second-order valence-corrected chi connectivity index (χ2v) is 6.53. The lowest BCUT2D eigenvalue weighted by Crippen LogP contribution is -2.46. The van der Waals surface area contributed by atoms with Crippen LogP contribution in [0.4, 0.5) is 27.5 Å². The summed E-state index contributed by atoms with van der Waals surface area (Å²) >= 11 is 0. The lowest BCUT2D eigenvalue weighted by molar-refractivity contribution is 0.628. The zero-order valence-corrected chi connectivity index (χ0v) is 14.8. The molecule has 0 aliphatic carbocycles. The van der Waals surface area contributed by atoms with Crippen LogP contribution in [-0.2, 0) is 0 Å². The van der Waals surface area contributed by atoms with Crippen molar-refractivity contribution in [2.45, 2.75) is 0 Å². The minimum Gasteiger partial charge on any atom is -0.382 e. The van der Waals surface area contributed by atoms with Gasteiger partial charge in [0.1, 0.15) is 5.82 Å². The maximum absolute atomic E-state index is 13.5. The maximum atomic E-state index is 13.5. The van der Waals surface area contributed by atoms with Crippen LogP contribution in [0.2, 0.25) is 0 Å². The lowest BCUT2D eigenvalue weighted by Gasteiger charge is -2.37. The maximum Gasteiger partial charge on any atom is 0.222 e. The number of hydrogen-bond donors (Lipinski definition) is 2. The van der Waals surface area contributed by atoms with Crippen molar-refractivity contribution in [3.05, 3.63) is 60.5 Å². The highest BCUT2D eigenvalue weighted by Crippen LogP contribution is 2.27. The molecule has 7 heteroatoms. The van der Waals surface area contributed by atoms with Gasteiger partial charge in [0.25, 0.3) is 0 Å². The highest BCUT2D eigenvalue weighted by molar-refractivity contribution is 5.69. The van der Waals surface area contributed by atoms with Crippen LogP contribution in [-0.4, -0.2) is 36.1 Å². The van der Waals surface area contributed by atoms with Gasteiger partial charge in [0, 0.05) is 31.9 Å². The Morgan fingerprint density at radius 2 is 1.52 bits per heavy atom. The second-order valence-electron chi connectivity index (χ2n) is 6.53. The van der Waals surface area contributed by atoms with Crippen molar-refractivity contribution in [2.24, 2.45) is 0 Å². The number of nitrogens with zero attached hydrogens (tertiary/aromatic N) is 4. The van der Waals surface area contributed by atoms with Crippen molar-refractivity contribution in [3.8, 4) is 11.1 Å². The van der Waals surface area contributed by atoms with Gasteiger partial charge >= 0.3 is 0 Å². The van der Waals surface area contributed by atoms with E-state index in [1.54, 1.807) is 18.3 Å². The van der Waals surface area contributed by atoms with Crippen LogP contribution >= 0.6 is 0 Å². The van der Waals surface area contributed by atoms with Gasteiger partial charge in [-0.1, -0.05) is 24.3 Å². The predicted molar refractivity (Wildman–Crippen MR) is 107 cm³/mol. The molecule has 1 aliphatic heterocycles. The van der Waals surface area contributed by atoms with Crippen LogP contribution in [0.25, 0.3) is 11.1 Å². The van der Waals surface area contributed by atoms with Crippen LogP contribution in [0.1, 0.15) is 0 Å². The van der Waals surface area contributed by atoms with E-state index in [2.05, 4.69) is 31.9 Å². The Hall–Kier alpha value is -3.35. The Bertz CT molecular complexity index is 953. The van der Waals surface area contributed by atoms with E-state index in [0.717, 1.165) is 48.7 Å². The molecule has 27 heavy (non-hydrogen) atoms. The second kappa shape index (κ2) is 7.11. The molecule has 2 aromatic carbocycles. The number of benzene rings is 2. The Morgan fingerprint density at radius 1 is 0.852 bits per heavy atom. The fourth-order valence-electron chi connectivity index (χ4n) is 3.40. The van der Waals surface area contributed by atoms with Gasteiger partial charge in [-0.25, -0.2) is 9.37 Å². The topological polar surface area (TPSA) is 84.3 Å². The average molecular weight is 364 g/mol. The summed E-state index contributed by atoms with van der Waals surface area (Å²) in [6.45, 7) is 3.30. The molecule has 0 radical (unpaired) electrons. The first-order valence-electron chi connectivity index (χ1n) is 8.84. The molecule has 3 aromatic rings. The number of halogens is 1. The molecule has 1 aromatic heterocycles. The minimum absolute atomic E-state index is 0.184. The van der Waals surface area contributed by atoms with E-state index in [1.807, 2.05) is 18.2 Å². The first kappa shape index (κ1) is 17.1. The van der Waals surface area contributed by atoms with Gasteiger partial charge in [-0.15, -0.1) is 0 Å². The van der Waals surface area contributed by atoms with Crippen LogP contribution in [0, 0.1) is 5.82 Å². The van der Waals surface area contributed by atoms with E-state index >= 15 is 0 Å². The summed E-state index contributed by atoms with van der Waals surface area (Å²) in [5, 5.41) is 0. The van der Waals surface area contributed by atoms with Crippen LogP contribution in [0.15, 0.2) is 54.7 Å². The Morgan fingerprint density at radius 3 is 2.22 bits per heavy atom. The highest BCUT2D eigenvalue weighted by atomic mass is 19.1. The third-order valence-corrected chi connectivity index (χ3v) is 4.81. The fourth-order valence-corrected chi connectivity index (χ4v) is 3.40. The van der Waals surface area contributed by atoms with Crippen molar-refractivity contribution < 1.29 is 4.39 Å². The normalized spacial score (nSPS) is 14.4. The Balaban J connectivity index is 1.49. The summed E-state index contributed by atoms with van der Waals surface area (Å²) in [5.41, 5.74) is 15.4. The molecule has 0 atom stereocenters. The van der Waals surface area contributed by atoms with Crippen molar-refractivity contribution in [2.75, 3.05) is 47.4 Å². The molecule has 1 aliphatic rings. The van der Waals surface area contributed by atoms with E-state index in [1.165, 1.54) is 6.07 Å². The summed E-state index contributed by atoms with van der Waals surface area (Å²) in [6, 6.07) is 14.9. The molecule has 0 amide bonds. The van der Waals surface area contributed by atoms with Gasteiger partial charge in [0.15, 0.2) is 5.82 Å². The first-order chi connectivity index (χ1) is 13.1. The fraction of sp³-hybridized carbons (Fsp3) is 0.200. The first-order valence-corrected chi connectivity index (χ1v) is 8.84. The van der Waals surface area contributed by atoms with Crippen LogP contribution in [0.3, 0.4) is 0 Å². The number of piperazine rings is 1. The van der Waals surface area contributed by atoms with Gasteiger partial charge in [0.2, 0.25) is 5.95 Å². The molecule has 0 unspecified atom stereocenters. The summed E-state index contributed by atoms with van der Waals surface area (Å²) in [7, 11) is 0. The Labute approximate surface area is 157 Å². The van der Waals surface area contributed by atoms with Crippen LogP contribution in [0.5, 0.6) is 0 Å². The molecule has 0 bridgehead atoms. The molecule has 4 rings (SSSR count). The quantitative estimate of drug-likeness (QED) is 0.743. The molecule has 0 spiro atoms. The van der Waals surface area contributed by atoms with E-state index < -0.39 is 0 Å². The number of aromatic nitrogens is 2. The van der Waals surface area contributed by atoms with Gasteiger partial charge in [-0.2, -0.15) is 4.98 Å². The molecule has 4 N–H and O–H groups in total. The highest BCUT2D eigenvalue weighted by Gasteiger charge is 2.20. The summed E-state index contributed by atoms with van der Waals surface area (Å²) in [6.07, 6.45) is 1.68. The number of rotatable bonds is 3. The summed E-state index contributed by atoms with van der Waals surface area (Å²) in [4.78, 5) is 12.6. The van der Waals surface area contributed by atoms with Gasteiger partial charge in [-0.05, 0) is 35.4 Å². The summed E-state index contributed by atoms with van der Waals surface area (Å²) in [5.74, 6) is 0.364. The molecule has 1 fully saturated rings. The van der Waals surface area contributed by atoms with Crippen molar-refractivity contribution in [1.82, 2.24) is 9.97 Å². The van der Waals surface area contributed by atoms with E-state index in [0.29, 0.717) is 5.82 Å². The van der Waals surface area contributed by atoms with Crippen molar-refractivity contribution in [3.63, 3.8) is 0 Å². The SMILES string of the molecule is Nc1ncc(N2CCN(c3cccc(-c4cccc(F)c4)c3)CC2)c(N)n1. The third-order valence-electron chi connectivity index (χ3n) is 4.81. The monoisotopic (exact) mass is 364 g/mol. The smallest absolute Gasteiger partial charge is 0.222 e. The van der Waals surface area contributed by atoms with Gasteiger partial charge < -0.3 is 21.3 Å². The predicted octanol–water partition coefficient (Wildman–Crippen LogP) is 2.77. The van der Waals surface area contributed by atoms with Crippen molar-refractivity contribution >= 4 is 23.1 Å². The largest absolute Gasteiger partial charge is 0.382 e. The average Bonchev–Trinajstić information content (AvgIpc) is 2.68. The molecular weight excluding hydrogens is 343 g/mol. The molecule has 1 saturated heterocycles. The number of anilines is 4. The minimum atomic E-state index is -0.227. The summed E-state index contributed by atoms with van der Waals surface area (Å²) < 4.78 is 13.5. The Kier molecular flexibility index (Phi) is 4.50. The number of nitrogens with two attached hydrogens (primary N) is 2. The number of hydrogen-bond acceptors (Lipinski definition) is 6. The molecular formula is C20H21FN6. The van der Waals surface area contributed by atoms with Gasteiger partial charge in [0.05, 0.1) is 11.9 Å². The van der Waals surface area contributed by atoms with E-state index in [-0.39, 0.29) is 11.8 Å². The van der Waals surface area contributed by atoms with E-state index in [9.17, 15) is 4.39 Å². The molecule has 138 valence electrons. The third kappa shape index (κ3) is 3.62.